The van der Waals surface area contributed by atoms with Crippen molar-refractivity contribution in [1.82, 2.24) is 10.2 Å². The lowest BCUT2D eigenvalue weighted by molar-refractivity contribution is 0.120. The molecule has 108 valence electrons. The smallest absolute Gasteiger partial charge is 0.0593 e. The van der Waals surface area contributed by atoms with E-state index in [0.717, 1.165) is 32.8 Å². The van der Waals surface area contributed by atoms with Gasteiger partial charge < -0.3 is 10.1 Å². The minimum Gasteiger partial charge on any atom is -0.380 e. The van der Waals surface area contributed by atoms with E-state index < -0.39 is 0 Å². The topological polar surface area (TPSA) is 24.5 Å². The molecule has 0 amide bonds. The van der Waals surface area contributed by atoms with Crippen LogP contribution in [-0.2, 0) is 17.8 Å². The van der Waals surface area contributed by atoms with Crippen LogP contribution in [0, 0.1) is 0 Å². The van der Waals surface area contributed by atoms with Gasteiger partial charge in [-0.05, 0) is 25.1 Å². The molecular formula is C16H28N2O. The first-order valence-electron chi connectivity index (χ1n) is 7.20. The van der Waals surface area contributed by atoms with Gasteiger partial charge in [0.15, 0.2) is 0 Å². The van der Waals surface area contributed by atoms with Gasteiger partial charge in [0, 0.05) is 32.3 Å². The Morgan fingerprint density at radius 2 is 1.89 bits per heavy atom. The fourth-order valence-corrected chi connectivity index (χ4v) is 1.93. The van der Waals surface area contributed by atoms with Gasteiger partial charge in [-0.25, -0.2) is 0 Å². The molecule has 1 rings (SSSR count). The summed E-state index contributed by atoms with van der Waals surface area (Å²) in [5, 5.41) is 3.48. The van der Waals surface area contributed by atoms with Crippen molar-refractivity contribution in [3.63, 3.8) is 0 Å². The summed E-state index contributed by atoms with van der Waals surface area (Å²) in [6, 6.07) is 9.17. The van der Waals surface area contributed by atoms with Crippen molar-refractivity contribution >= 4 is 0 Å². The van der Waals surface area contributed by atoms with E-state index >= 15 is 0 Å². The van der Waals surface area contributed by atoms with Crippen LogP contribution >= 0.6 is 0 Å². The summed E-state index contributed by atoms with van der Waals surface area (Å²) < 4.78 is 5.40. The van der Waals surface area contributed by atoms with Gasteiger partial charge in [0.25, 0.3) is 0 Å². The zero-order valence-electron chi connectivity index (χ0n) is 12.8. The molecule has 1 N–H and O–H groups in total. The summed E-state index contributed by atoms with van der Waals surface area (Å²) >= 11 is 0. The predicted octanol–water partition coefficient (Wildman–Crippen LogP) is 2.65. The van der Waals surface area contributed by atoms with Gasteiger partial charge in [0.05, 0.1) is 6.61 Å². The third-order valence-electron chi connectivity index (χ3n) is 3.08. The number of hydrogen-bond donors (Lipinski definition) is 1. The van der Waals surface area contributed by atoms with Gasteiger partial charge in [-0.1, -0.05) is 38.1 Å². The van der Waals surface area contributed by atoms with E-state index in [1.807, 2.05) is 6.92 Å². The Labute approximate surface area is 118 Å². The number of ether oxygens (including phenoxy) is 1. The quantitative estimate of drug-likeness (QED) is 0.694. The van der Waals surface area contributed by atoms with Crippen molar-refractivity contribution in [3.8, 4) is 0 Å². The van der Waals surface area contributed by atoms with Crippen molar-refractivity contribution in [1.29, 1.82) is 0 Å². The van der Waals surface area contributed by atoms with Gasteiger partial charge in [0.1, 0.15) is 0 Å². The molecule has 19 heavy (non-hydrogen) atoms. The van der Waals surface area contributed by atoms with Crippen LogP contribution in [0.3, 0.4) is 0 Å². The molecule has 1 aromatic rings. The van der Waals surface area contributed by atoms with E-state index in [4.69, 9.17) is 4.74 Å². The molecule has 0 saturated heterocycles. The molecule has 3 nitrogen and oxygen atoms in total. The van der Waals surface area contributed by atoms with Crippen LogP contribution in [0.4, 0.5) is 0 Å². The number of nitrogens with zero attached hydrogens (tertiary/aromatic N) is 1. The standard InChI is InChI=1S/C16H28N2O/c1-5-19-11-10-18(4)13-16-9-7-6-8-15(16)12-17-14(2)3/h6-9,14,17H,5,10-13H2,1-4H3. The lowest BCUT2D eigenvalue weighted by atomic mass is 10.1. The van der Waals surface area contributed by atoms with Gasteiger partial charge in [-0.3, -0.25) is 4.90 Å². The van der Waals surface area contributed by atoms with Crippen LogP contribution < -0.4 is 5.32 Å². The van der Waals surface area contributed by atoms with E-state index in [1.54, 1.807) is 0 Å². The second-order valence-corrected chi connectivity index (χ2v) is 5.24. The molecule has 0 aromatic heterocycles. The highest BCUT2D eigenvalue weighted by molar-refractivity contribution is 5.27. The Balaban J connectivity index is 2.51. The Bertz CT molecular complexity index is 352. The highest BCUT2D eigenvalue weighted by Gasteiger charge is 2.05. The maximum atomic E-state index is 5.40. The number of nitrogens with one attached hydrogen (secondary N) is 1. The maximum absolute atomic E-state index is 5.40. The molecule has 0 aliphatic heterocycles. The van der Waals surface area contributed by atoms with Crippen LogP contribution in [0.5, 0.6) is 0 Å². The SMILES string of the molecule is CCOCCN(C)Cc1ccccc1CNC(C)C. The monoisotopic (exact) mass is 264 g/mol. The molecule has 0 aliphatic rings. The van der Waals surface area contributed by atoms with Crippen molar-refractivity contribution < 1.29 is 4.74 Å². The third kappa shape index (κ3) is 6.71. The van der Waals surface area contributed by atoms with Gasteiger partial charge in [0.2, 0.25) is 0 Å². The summed E-state index contributed by atoms with van der Waals surface area (Å²) in [6.45, 7) is 10.9. The molecule has 0 atom stereocenters. The highest BCUT2D eigenvalue weighted by atomic mass is 16.5. The average Bonchev–Trinajstić information content (AvgIpc) is 2.38. The first-order valence-corrected chi connectivity index (χ1v) is 7.20. The Morgan fingerprint density at radius 3 is 2.53 bits per heavy atom. The second kappa shape index (κ2) is 9.08. The molecule has 0 aliphatic carbocycles. The summed E-state index contributed by atoms with van der Waals surface area (Å²) in [7, 11) is 2.14. The fraction of sp³-hybridized carbons (Fsp3) is 0.625. The zero-order chi connectivity index (χ0) is 14.1. The highest BCUT2D eigenvalue weighted by Crippen LogP contribution is 2.11. The molecule has 0 unspecified atom stereocenters. The van der Waals surface area contributed by atoms with Crippen molar-refractivity contribution in [2.45, 2.75) is 39.9 Å². The van der Waals surface area contributed by atoms with Crippen LogP contribution in [0.1, 0.15) is 31.9 Å². The molecule has 0 heterocycles. The van der Waals surface area contributed by atoms with Crippen LogP contribution in [-0.4, -0.2) is 37.7 Å². The summed E-state index contributed by atoms with van der Waals surface area (Å²) in [6.07, 6.45) is 0. The van der Waals surface area contributed by atoms with Gasteiger partial charge >= 0.3 is 0 Å². The number of likely N-dealkylation sites (N-methyl/N-ethyl adjacent to an activating group) is 1. The molecule has 1 aromatic carbocycles. The van der Waals surface area contributed by atoms with Crippen molar-refractivity contribution in [3.05, 3.63) is 35.4 Å². The first kappa shape index (κ1) is 16.2. The number of rotatable bonds is 9. The molecule has 0 bridgehead atoms. The van der Waals surface area contributed by atoms with Gasteiger partial charge in [-0.15, -0.1) is 0 Å². The van der Waals surface area contributed by atoms with Gasteiger partial charge in [-0.2, -0.15) is 0 Å². The summed E-state index contributed by atoms with van der Waals surface area (Å²) in [5.41, 5.74) is 2.79. The Morgan fingerprint density at radius 1 is 1.21 bits per heavy atom. The lowest BCUT2D eigenvalue weighted by Gasteiger charge is -2.19. The predicted molar refractivity (Wildman–Crippen MR) is 81.2 cm³/mol. The van der Waals surface area contributed by atoms with Crippen LogP contribution in [0.25, 0.3) is 0 Å². The summed E-state index contributed by atoms with van der Waals surface area (Å²) in [5.74, 6) is 0. The normalized spacial score (nSPS) is 11.5. The molecule has 0 spiro atoms. The van der Waals surface area contributed by atoms with E-state index in [9.17, 15) is 0 Å². The van der Waals surface area contributed by atoms with Crippen LogP contribution in [0.15, 0.2) is 24.3 Å². The first-order chi connectivity index (χ1) is 9.13. The maximum Gasteiger partial charge on any atom is 0.0593 e. The minimum atomic E-state index is 0.517. The van der Waals surface area contributed by atoms with Crippen molar-refractivity contribution in [2.75, 3.05) is 26.8 Å². The fourth-order valence-electron chi connectivity index (χ4n) is 1.93. The molecule has 0 fully saturated rings. The number of benzene rings is 1. The lowest BCUT2D eigenvalue weighted by Crippen LogP contribution is -2.25. The second-order valence-electron chi connectivity index (χ2n) is 5.24. The van der Waals surface area contributed by atoms with Crippen molar-refractivity contribution in [2.24, 2.45) is 0 Å². The van der Waals surface area contributed by atoms with E-state index in [1.165, 1.54) is 11.1 Å². The van der Waals surface area contributed by atoms with E-state index in [-0.39, 0.29) is 0 Å². The van der Waals surface area contributed by atoms with E-state index in [2.05, 4.69) is 55.4 Å². The van der Waals surface area contributed by atoms with E-state index in [0.29, 0.717) is 6.04 Å². The number of hydrogen-bond acceptors (Lipinski definition) is 3. The summed E-state index contributed by atoms with van der Waals surface area (Å²) in [4.78, 5) is 2.31. The Hall–Kier alpha value is -0.900. The average molecular weight is 264 g/mol. The third-order valence-corrected chi connectivity index (χ3v) is 3.08. The Kier molecular flexibility index (Phi) is 7.72. The zero-order valence-corrected chi connectivity index (χ0v) is 12.8. The molecule has 3 heteroatoms. The molecule has 0 saturated carbocycles. The van der Waals surface area contributed by atoms with Crippen LogP contribution in [0.2, 0.25) is 0 Å². The largest absolute Gasteiger partial charge is 0.380 e. The molecule has 0 radical (unpaired) electrons. The molecular weight excluding hydrogens is 236 g/mol. The minimum absolute atomic E-state index is 0.517.